The van der Waals surface area contributed by atoms with Gasteiger partial charge in [0.15, 0.2) is 0 Å². The third kappa shape index (κ3) is 3.72. The Hall–Kier alpha value is -1.03. The summed E-state index contributed by atoms with van der Waals surface area (Å²) >= 11 is 3.63. The molecule has 0 atom stereocenters. The molecule has 0 spiro atoms. The van der Waals surface area contributed by atoms with Gasteiger partial charge in [-0.25, -0.2) is 0 Å². The summed E-state index contributed by atoms with van der Waals surface area (Å²) in [5.74, 6) is 0.469. The van der Waals surface area contributed by atoms with E-state index >= 15 is 0 Å². The molecule has 0 bridgehead atoms. The Labute approximate surface area is 122 Å². The number of hydrogen-bond donors (Lipinski definition) is 2. The average Bonchev–Trinajstić information content (AvgIpc) is 2.41. The molecule has 1 saturated carbocycles. The summed E-state index contributed by atoms with van der Waals surface area (Å²) in [5.41, 5.74) is 1.10. The minimum atomic E-state index is -0.179. The zero-order valence-corrected chi connectivity index (χ0v) is 12.7. The van der Waals surface area contributed by atoms with Crippen molar-refractivity contribution in [2.24, 2.45) is 5.92 Å². The largest absolute Gasteiger partial charge is 0.507 e. The number of rotatable bonds is 3. The SMILES string of the molecule is Cc1cccc(C(=O)NCC2CCC(Br)CC2)c1O. The Balaban J connectivity index is 1.89. The number of hydrogen-bond acceptors (Lipinski definition) is 2. The van der Waals surface area contributed by atoms with Crippen LogP contribution in [0, 0.1) is 12.8 Å². The quantitative estimate of drug-likeness (QED) is 0.837. The average molecular weight is 326 g/mol. The van der Waals surface area contributed by atoms with Crippen LogP contribution in [0.25, 0.3) is 0 Å². The molecule has 2 rings (SSSR count). The van der Waals surface area contributed by atoms with Gasteiger partial charge in [0.05, 0.1) is 5.56 Å². The van der Waals surface area contributed by atoms with E-state index in [4.69, 9.17) is 0 Å². The van der Waals surface area contributed by atoms with E-state index in [0.29, 0.717) is 22.9 Å². The highest BCUT2D eigenvalue weighted by Crippen LogP contribution is 2.28. The lowest BCUT2D eigenvalue weighted by Gasteiger charge is -2.25. The van der Waals surface area contributed by atoms with Gasteiger partial charge in [0, 0.05) is 11.4 Å². The second-order valence-electron chi connectivity index (χ2n) is 5.30. The van der Waals surface area contributed by atoms with E-state index in [1.165, 1.54) is 12.8 Å². The number of amides is 1. The first-order valence-electron chi connectivity index (χ1n) is 6.78. The number of aromatic hydroxyl groups is 1. The number of benzene rings is 1. The number of nitrogens with one attached hydrogen (secondary N) is 1. The van der Waals surface area contributed by atoms with E-state index in [9.17, 15) is 9.90 Å². The molecule has 0 aliphatic heterocycles. The van der Waals surface area contributed by atoms with Gasteiger partial charge in [-0.3, -0.25) is 4.79 Å². The van der Waals surface area contributed by atoms with Crippen LogP contribution >= 0.6 is 15.9 Å². The van der Waals surface area contributed by atoms with Gasteiger partial charge in [-0.05, 0) is 50.2 Å². The van der Waals surface area contributed by atoms with Crippen LogP contribution in [-0.4, -0.2) is 22.4 Å². The van der Waals surface area contributed by atoms with Crippen LogP contribution in [0.1, 0.15) is 41.6 Å². The third-order valence-corrected chi connectivity index (χ3v) is 4.73. The van der Waals surface area contributed by atoms with Crippen LogP contribution in [0.4, 0.5) is 0 Å². The first kappa shape index (κ1) is 14.4. The van der Waals surface area contributed by atoms with Crippen molar-refractivity contribution in [3.05, 3.63) is 29.3 Å². The number of phenols is 1. The highest BCUT2D eigenvalue weighted by molar-refractivity contribution is 9.09. The van der Waals surface area contributed by atoms with Crippen molar-refractivity contribution in [2.45, 2.75) is 37.4 Å². The van der Waals surface area contributed by atoms with E-state index in [0.717, 1.165) is 18.4 Å². The minimum Gasteiger partial charge on any atom is -0.507 e. The summed E-state index contributed by atoms with van der Waals surface area (Å²) in [5, 5.41) is 12.8. The molecule has 0 radical (unpaired) electrons. The Morgan fingerprint density at radius 3 is 2.74 bits per heavy atom. The number of alkyl halides is 1. The lowest BCUT2D eigenvalue weighted by Crippen LogP contribution is -2.31. The molecule has 2 N–H and O–H groups in total. The van der Waals surface area contributed by atoms with Crippen molar-refractivity contribution in [2.75, 3.05) is 6.54 Å². The molecule has 19 heavy (non-hydrogen) atoms. The van der Waals surface area contributed by atoms with Crippen molar-refractivity contribution < 1.29 is 9.90 Å². The molecule has 1 amide bonds. The number of para-hydroxylation sites is 1. The summed E-state index contributed by atoms with van der Waals surface area (Å²) in [4.78, 5) is 12.7. The summed E-state index contributed by atoms with van der Waals surface area (Å²) in [6, 6.07) is 5.25. The van der Waals surface area contributed by atoms with Crippen LogP contribution in [0.5, 0.6) is 5.75 Å². The molecule has 104 valence electrons. The third-order valence-electron chi connectivity index (χ3n) is 3.81. The van der Waals surface area contributed by atoms with Crippen LogP contribution in [-0.2, 0) is 0 Å². The Kier molecular flexibility index (Phi) is 4.86. The van der Waals surface area contributed by atoms with E-state index in [1.807, 2.05) is 0 Å². The fourth-order valence-electron chi connectivity index (χ4n) is 2.50. The predicted octanol–water partition coefficient (Wildman–Crippen LogP) is 3.38. The molecular weight excluding hydrogens is 306 g/mol. The van der Waals surface area contributed by atoms with Crippen molar-refractivity contribution in [3.8, 4) is 5.75 Å². The lowest BCUT2D eigenvalue weighted by molar-refractivity contribution is 0.0941. The van der Waals surface area contributed by atoms with Crippen molar-refractivity contribution in [1.29, 1.82) is 0 Å². The number of phenolic OH excluding ortho intramolecular Hbond substituents is 1. The minimum absolute atomic E-state index is 0.0872. The maximum atomic E-state index is 12.0. The van der Waals surface area contributed by atoms with Crippen molar-refractivity contribution >= 4 is 21.8 Å². The van der Waals surface area contributed by atoms with Gasteiger partial charge < -0.3 is 10.4 Å². The topological polar surface area (TPSA) is 49.3 Å². The van der Waals surface area contributed by atoms with Crippen LogP contribution < -0.4 is 5.32 Å². The Morgan fingerprint density at radius 1 is 1.37 bits per heavy atom. The van der Waals surface area contributed by atoms with E-state index in [1.54, 1.807) is 25.1 Å². The smallest absolute Gasteiger partial charge is 0.255 e. The van der Waals surface area contributed by atoms with Gasteiger partial charge in [-0.1, -0.05) is 28.1 Å². The highest BCUT2D eigenvalue weighted by atomic mass is 79.9. The monoisotopic (exact) mass is 325 g/mol. The number of halogens is 1. The van der Waals surface area contributed by atoms with Gasteiger partial charge >= 0.3 is 0 Å². The number of aryl methyl sites for hydroxylation is 1. The second-order valence-corrected chi connectivity index (χ2v) is 6.59. The van der Waals surface area contributed by atoms with E-state index < -0.39 is 0 Å². The molecule has 4 heteroatoms. The first-order chi connectivity index (χ1) is 9.08. The molecule has 1 aromatic carbocycles. The molecule has 0 saturated heterocycles. The Morgan fingerprint density at radius 2 is 2.05 bits per heavy atom. The van der Waals surface area contributed by atoms with E-state index in [-0.39, 0.29) is 11.7 Å². The lowest BCUT2D eigenvalue weighted by atomic mass is 9.89. The van der Waals surface area contributed by atoms with Crippen LogP contribution in [0.15, 0.2) is 18.2 Å². The van der Waals surface area contributed by atoms with Gasteiger partial charge in [-0.2, -0.15) is 0 Å². The molecule has 0 aromatic heterocycles. The molecule has 1 aliphatic rings. The fourth-order valence-corrected chi connectivity index (χ4v) is 3.03. The van der Waals surface area contributed by atoms with Crippen LogP contribution in [0.2, 0.25) is 0 Å². The zero-order valence-electron chi connectivity index (χ0n) is 11.2. The summed E-state index contributed by atoms with van der Waals surface area (Å²) in [6.45, 7) is 2.50. The highest BCUT2D eigenvalue weighted by Gasteiger charge is 2.20. The van der Waals surface area contributed by atoms with Gasteiger partial charge in [0.2, 0.25) is 0 Å². The number of carbonyl (C=O) groups is 1. The molecular formula is C15H20BrNO2. The van der Waals surface area contributed by atoms with Crippen LogP contribution in [0.3, 0.4) is 0 Å². The molecule has 0 heterocycles. The summed E-state index contributed by atoms with van der Waals surface area (Å²) in [7, 11) is 0. The summed E-state index contributed by atoms with van der Waals surface area (Å²) in [6.07, 6.45) is 4.65. The van der Waals surface area contributed by atoms with Gasteiger partial charge in [0.25, 0.3) is 5.91 Å². The van der Waals surface area contributed by atoms with Crippen molar-refractivity contribution in [3.63, 3.8) is 0 Å². The maximum Gasteiger partial charge on any atom is 0.255 e. The second kappa shape index (κ2) is 6.42. The molecule has 1 aliphatic carbocycles. The van der Waals surface area contributed by atoms with Gasteiger partial charge in [0.1, 0.15) is 5.75 Å². The molecule has 1 fully saturated rings. The molecule has 1 aromatic rings. The standard InChI is InChI=1S/C15H20BrNO2/c1-10-3-2-4-13(14(10)18)15(19)17-9-11-5-7-12(16)8-6-11/h2-4,11-12,18H,5-9H2,1H3,(H,17,19). The van der Waals surface area contributed by atoms with Crippen molar-refractivity contribution in [1.82, 2.24) is 5.32 Å². The Bertz CT molecular complexity index is 453. The zero-order chi connectivity index (χ0) is 13.8. The number of carbonyl (C=O) groups excluding carboxylic acids is 1. The predicted molar refractivity (Wildman–Crippen MR) is 79.9 cm³/mol. The van der Waals surface area contributed by atoms with E-state index in [2.05, 4.69) is 21.2 Å². The molecule has 0 unspecified atom stereocenters. The first-order valence-corrected chi connectivity index (χ1v) is 7.70. The molecule has 3 nitrogen and oxygen atoms in total. The maximum absolute atomic E-state index is 12.0. The normalized spacial score (nSPS) is 23.1. The van der Waals surface area contributed by atoms with Gasteiger partial charge in [-0.15, -0.1) is 0 Å². The summed E-state index contributed by atoms with van der Waals surface area (Å²) < 4.78 is 0. The fraction of sp³-hybridized carbons (Fsp3) is 0.533.